The Labute approximate surface area is 128 Å². The summed E-state index contributed by atoms with van der Waals surface area (Å²) < 4.78 is 0.831. The molecule has 0 saturated heterocycles. The minimum atomic E-state index is -0.152. The highest BCUT2D eigenvalue weighted by Crippen LogP contribution is 2.27. The van der Waals surface area contributed by atoms with E-state index in [-0.39, 0.29) is 11.8 Å². The van der Waals surface area contributed by atoms with Crippen LogP contribution in [0.2, 0.25) is 0 Å². The van der Waals surface area contributed by atoms with Crippen LogP contribution in [0.4, 0.5) is 0 Å². The number of carbonyl (C=O) groups is 2. The number of hydrogen-bond acceptors (Lipinski definition) is 2. The molecule has 2 amide bonds. The highest BCUT2D eigenvalue weighted by molar-refractivity contribution is 9.10. The van der Waals surface area contributed by atoms with Gasteiger partial charge in [-0.05, 0) is 30.5 Å². The van der Waals surface area contributed by atoms with Crippen LogP contribution >= 0.6 is 15.9 Å². The van der Waals surface area contributed by atoms with Gasteiger partial charge >= 0.3 is 0 Å². The molecule has 1 aromatic carbocycles. The minimum absolute atomic E-state index is 0.146. The highest BCUT2D eigenvalue weighted by atomic mass is 79.9. The molecule has 1 unspecified atom stereocenters. The lowest BCUT2D eigenvalue weighted by atomic mass is 9.99. The van der Waals surface area contributed by atoms with Crippen LogP contribution in [0.25, 0.3) is 0 Å². The Morgan fingerprint density at radius 3 is 2.50 bits per heavy atom. The molecule has 108 valence electrons. The van der Waals surface area contributed by atoms with Gasteiger partial charge in [0.25, 0.3) is 11.8 Å². The second-order valence-electron chi connectivity index (χ2n) is 5.33. The Morgan fingerprint density at radius 2 is 1.85 bits per heavy atom. The van der Waals surface area contributed by atoms with E-state index in [2.05, 4.69) is 29.8 Å². The summed E-state index contributed by atoms with van der Waals surface area (Å²) in [4.78, 5) is 26.1. The number of imide groups is 1. The first-order chi connectivity index (χ1) is 9.58. The van der Waals surface area contributed by atoms with Crippen molar-refractivity contribution in [3.63, 3.8) is 0 Å². The van der Waals surface area contributed by atoms with E-state index >= 15 is 0 Å². The molecule has 0 saturated carbocycles. The second kappa shape index (κ2) is 6.53. The van der Waals surface area contributed by atoms with E-state index in [4.69, 9.17) is 0 Å². The first kappa shape index (κ1) is 15.2. The Bertz CT molecular complexity index is 527. The molecule has 0 radical (unpaired) electrons. The highest BCUT2D eigenvalue weighted by Gasteiger charge is 2.36. The third kappa shape index (κ3) is 2.95. The van der Waals surface area contributed by atoms with Gasteiger partial charge < -0.3 is 0 Å². The summed E-state index contributed by atoms with van der Waals surface area (Å²) >= 11 is 3.35. The quantitative estimate of drug-likeness (QED) is 0.727. The van der Waals surface area contributed by atoms with E-state index in [1.54, 1.807) is 12.1 Å². The predicted octanol–water partition coefficient (Wildman–Crippen LogP) is 4.26. The number of halogens is 1. The molecule has 2 rings (SSSR count). The van der Waals surface area contributed by atoms with E-state index < -0.39 is 0 Å². The first-order valence-corrected chi connectivity index (χ1v) is 8.03. The van der Waals surface area contributed by atoms with Crippen molar-refractivity contribution >= 4 is 27.7 Å². The van der Waals surface area contributed by atoms with Crippen LogP contribution in [-0.2, 0) is 0 Å². The predicted molar refractivity (Wildman–Crippen MR) is 82.8 cm³/mol. The number of unbranched alkanes of at least 4 members (excludes halogenated alkanes) is 1. The fourth-order valence-electron chi connectivity index (χ4n) is 2.60. The van der Waals surface area contributed by atoms with Crippen molar-refractivity contribution in [3.8, 4) is 0 Å². The van der Waals surface area contributed by atoms with Gasteiger partial charge in [-0.25, -0.2) is 0 Å². The van der Waals surface area contributed by atoms with Crippen LogP contribution in [0.1, 0.15) is 60.2 Å². The molecule has 0 fully saturated rings. The molecule has 3 nitrogen and oxygen atoms in total. The molecular formula is C16H20BrNO2. The Hall–Kier alpha value is -1.16. The van der Waals surface area contributed by atoms with Crippen LogP contribution in [0.15, 0.2) is 22.7 Å². The van der Waals surface area contributed by atoms with Gasteiger partial charge in [-0.2, -0.15) is 0 Å². The number of amides is 2. The van der Waals surface area contributed by atoms with Crippen molar-refractivity contribution in [1.29, 1.82) is 0 Å². The van der Waals surface area contributed by atoms with Crippen molar-refractivity contribution in [3.05, 3.63) is 33.8 Å². The van der Waals surface area contributed by atoms with Gasteiger partial charge in [0.05, 0.1) is 11.1 Å². The molecule has 20 heavy (non-hydrogen) atoms. The summed E-state index contributed by atoms with van der Waals surface area (Å²) in [5.74, 6) is 0.106. The zero-order valence-electron chi connectivity index (χ0n) is 12.0. The zero-order valence-corrected chi connectivity index (χ0v) is 13.6. The maximum Gasteiger partial charge on any atom is 0.261 e. The number of nitrogens with zero attached hydrogens (tertiary/aromatic N) is 1. The SMILES string of the molecule is CCCCC(CC)CN1C(=O)c2ccc(Br)cc2C1=O. The molecule has 1 atom stereocenters. The lowest BCUT2D eigenvalue weighted by Gasteiger charge is -2.21. The number of hydrogen-bond donors (Lipinski definition) is 0. The minimum Gasteiger partial charge on any atom is -0.274 e. The number of rotatable bonds is 6. The van der Waals surface area contributed by atoms with Crippen molar-refractivity contribution < 1.29 is 9.59 Å². The van der Waals surface area contributed by atoms with E-state index in [1.807, 2.05) is 6.07 Å². The van der Waals surface area contributed by atoms with Crippen LogP contribution < -0.4 is 0 Å². The number of carbonyl (C=O) groups excluding carboxylic acids is 2. The first-order valence-electron chi connectivity index (χ1n) is 7.24. The molecule has 4 heteroatoms. The zero-order chi connectivity index (χ0) is 14.7. The van der Waals surface area contributed by atoms with Crippen LogP contribution in [0.5, 0.6) is 0 Å². The van der Waals surface area contributed by atoms with Gasteiger partial charge in [0.2, 0.25) is 0 Å². The smallest absolute Gasteiger partial charge is 0.261 e. The van der Waals surface area contributed by atoms with E-state index in [9.17, 15) is 9.59 Å². The average Bonchev–Trinajstić information content (AvgIpc) is 2.67. The topological polar surface area (TPSA) is 37.4 Å². The average molecular weight is 338 g/mol. The van der Waals surface area contributed by atoms with Gasteiger partial charge in [-0.1, -0.05) is 49.0 Å². The summed E-state index contributed by atoms with van der Waals surface area (Å²) in [5.41, 5.74) is 1.05. The number of fused-ring (bicyclic) bond motifs is 1. The van der Waals surface area contributed by atoms with E-state index in [0.29, 0.717) is 23.6 Å². The van der Waals surface area contributed by atoms with Crippen molar-refractivity contribution in [2.24, 2.45) is 5.92 Å². The summed E-state index contributed by atoms with van der Waals surface area (Å²) in [6.45, 7) is 4.82. The lowest BCUT2D eigenvalue weighted by molar-refractivity contribution is 0.0624. The second-order valence-corrected chi connectivity index (χ2v) is 6.24. The lowest BCUT2D eigenvalue weighted by Crippen LogP contribution is -2.34. The standard InChI is InChI=1S/C16H20BrNO2/c1-3-5-6-11(4-2)10-18-15(19)13-8-7-12(17)9-14(13)16(18)20/h7-9,11H,3-6,10H2,1-2H3. The maximum atomic E-state index is 12.4. The van der Waals surface area contributed by atoms with Gasteiger partial charge in [-0.15, -0.1) is 0 Å². The van der Waals surface area contributed by atoms with Crippen LogP contribution in [-0.4, -0.2) is 23.3 Å². The van der Waals surface area contributed by atoms with Crippen molar-refractivity contribution in [2.45, 2.75) is 39.5 Å². The Morgan fingerprint density at radius 1 is 1.15 bits per heavy atom. The van der Waals surface area contributed by atoms with Gasteiger partial charge in [-0.3, -0.25) is 14.5 Å². The molecular weight excluding hydrogens is 318 g/mol. The maximum absolute atomic E-state index is 12.4. The Balaban J connectivity index is 2.15. The fraction of sp³-hybridized carbons (Fsp3) is 0.500. The molecule has 0 aliphatic carbocycles. The monoisotopic (exact) mass is 337 g/mol. The molecule has 1 aromatic rings. The molecule has 0 aromatic heterocycles. The van der Waals surface area contributed by atoms with E-state index in [1.165, 1.54) is 4.90 Å². The summed E-state index contributed by atoms with van der Waals surface area (Å²) in [7, 11) is 0. The van der Waals surface area contributed by atoms with Crippen molar-refractivity contribution in [2.75, 3.05) is 6.54 Å². The molecule has 1 heterocycles. The summed E-state index contributed by atoms with van der Waals surface area (Å²) in [6, 6.07) is 5.27. The molecule has 0 bridgehead atoms. The van der Waals surface area contributed by atoms with Gasteiger partial charge in [0, 0.05) is 11.0 Å². The third-order valence-electron chi connectivity index (χ3n) is 3.92. The fourth-order valence-corrected chi connectivity index (χ4v) is 2.97. The Kier molecular flexibility index (Phi) is 4.97. The molecule has 0 spiro atoms. The van der Waals surface area contributed by atoms with Crippen LogP contribution in [0.3, 0.4) is 0 Å². The van der Waals surface area contributed by atoms with Crippen LogP contribution in [0, 0.1) is 5.92 Å². The van der Waals surface area contributed by atoms with E-state index in [0.717, 1.165) is 30.2 Å². The third-order valence-corrected chi connectivity index (χ3v) is 4.41. The largest absolute Gasteiger partial charge is 0.274 e. The van der Waals surface area contributed by atoms with Gasteiger partial charge in [0.15, 0.2) is 0 Å². The normalized spacial score (nSPS) is 15.7. The number of benzene rings is 1. The summed E-state index contributed by atoms with van der Waals surface area (Å²) in [5, 5.41) is 0. The molecule has 1 aliphatic rings. The molecule has 0 N–H and O–H groups in total. The van der Waals surface area contributed by atoms with Gasteiger partial charge in [0.1, 0.15) is 0 Å². The van der Waals surface area contributed by atoms with Crippen molar-refractivity contribution in [1.82, 2.24) is 4.90 Å². The molecule has 1 aliphatic heterocycles. The summed E-state index contributed by atoms with van der Waals surface area (Å²) in [6.07, 6.45) is 4.36.